The molecule has 2 heteroatoms. The third-order valence-electron chi connectivity index (χ3n) is 3.95. The van der Waals surface area contributed by atoms with Crippen molar-refractivity contribution in [2.24, 2.45) is 11.3 Å². The molecule has 0 bridgehead atoms. The molecule has 0 aliphatic heterocycles. The Balaban J connectivity index is 2.37. The van der Waals surface area contributed by atoms with E-state index >= 15 is 0 Å². The average Bonchev–Trinajstić information content (AvgIpc) is 2.08. The molecule has 1 saturated carbocycles. The molecule has 0 amide bonds. The summed E-state index contributed by atoms with van der Waals surface area (Å²) in [5.41, 5.74) is 0.0136. The zero-order chi connectivity index (χ0) is 11.5. The Hall–Kier alpha value is -0.0800. The van der Waals surface area contributed by atoms with Crippen molar-refractivity contribution in [2.75, 3.05) is 19.6 Å². The van der Waals surface area contributed by atoms with Crippen molar-refractivity contribution in [3.8, 4) is 0 Å². The molecule has 1 atom stereocenters. The Morgan fingerprint density at radius 3 is 2.33 bits per heavy atom. The van der Waals surface area contributed by atoms with Crippen molar-refractivity contribution in [3.63, 3.8) is 0 Å². The first-order valence-corrected chi connectivity index (χ1v) is 6.36. The van der Waals surface area contributed by atoms with Gasteiger partial charge in [-0.25, -0.2) is 0 Å². The van der Waals surface area contributed by atoms with Gasteiger partial charge in [-0.05, 0) is 32.2 Å². The SMILES string of the molecule is CCN(CC1CCC1)CC(C)(C)C(C)O. The summed E-state index contributed by atoms with van der Waals surface area (Å²) in [6.07, 6.45) is 4.01. The fourth-order valence-electron chi connectivity index (χ4n) is 2.05. The van der Waals surface area contributed by atoms with Gasteiger partial charge in [0.25, 0.3) is 0 Å². The molecule has 0 aromatic carbocycles. The van der Waals surface area contributed by atoms with E-state index in [0.29, 0.717) is 0 Å². The van der Waals surface area contributed by atoms with Crippen LogP contribution in [0.2, 0.25) is 0 Å². The molecule has 0 aromatic heterocycles. The molecule has 0 radical (unpaired) electrons. The minimum Gasteiger partial charge on any atom is -0.393 e. The van der Waals surface area contributed by atoms with Crippen LogP contribution in [-0.4, -0.2) is 35.7 Å². The van der Waals surface area contributed by atoms with E-state index in [0.717, 1.165) is 19.0 Å². The quantitative estimate of drug-likeness (QED) is 0.733. The lowest BCUT2D eigenvalue weighted by Gasteiger charge is -2.38. The summed E-state index contributed by atoms with van der Waals surface area (Å²) in [6.45, 7) is 11.8. The average molecular weight is 213 g/mol. The third kappa shape index (κ3) is 3.76. The van der Waals surface area contributed by atoms with Gasteiger partial charge in [-0.3, -0.25) is 0 Å². The van der Waals surface area contributed by atoms with Gasteiger partial charge in [0.05, 0.1) is 6.10 Å². The monoisotopic (exact) mass is 213 g/mol. The summed E-state index contributed by atoms with van der Waals surface area (Å²) < 4.78 is 0. The smallest absolute Gasteiger partial charge is 0.0575 e. The molecular weight excluding hydrogens is 186 g/mol. The normalized spacial score (nSPS) is 20.4. The second-order valence-corrected chi connectivity index (χ2v) is 5.79. The summed E-state index contributed by atoms with van der Waals surface area (Å²) in [7, 11) is 0. The molecule has 1 aliphatic carbocycles. The predicted molar refractivity (Wildman–Crippen MR) is 64.9 cm³/mol. The first-order valence-electron chi connectivity index (χ1n) is 6.36. The number of aliphatic hydroxyl groups excluding tert-OH is 1. The molecule has 1 N–H and O–H groups in total. The lowest BCUT2D eigenvalue weighted by atomic mass is 9.83. The van der Waals surface area contributed by atoms with Crippen LogP contribution in [0, 0.1) is 11.3 Å². The maximum atomic E-state index is 9.70. The van der Waals surface area contributed by atoms with Crippen LogP contribution in [0.25, 0.3) is 0 Å². The van der Waals surface area contributed by atoms with Crippen LogP contribution in [0.15, 0.2) is 0 Å². The third-order valence-corrected chi connectivity index (χ3v) is 3.95. The van der Waals surface area contributed by atoms with Crippen LogP contribution in [0.5, 0.6) is 0 Å². The fraction of sp³-hybridized carbons (Fsp3) is 1.00. The van der Waals surface area contributed by atoms with Crippen LogP contribution in [0.1, 0.15) is 47.0 Å². The number of aliphatic hydroxyl groups is 1. The van der Waals surface area contributed by atoms with E-state index in [2.05, 4.69) is 25.7 Å². The molecule has 1 fully saturated rings. The second kappa shape index (κ2) is 5.31. The van der Waals surface area contributed by atoms with E-state index < -0.39 is 0 Å². The van der Waals surface area contributed by atoms with Crippen LogP contribution in [0.3, 0.4) is 0 Å². The summed E-state index contributed by atoms with van der Waals surface area (Å²) in [4.78, 5) is 2.50. The molecule has 0 heterocycles. The fourth-order valence-corrected chi connectivity index (χ4v) is 2.05. The molecule has 0 saturated heterocycles. The van der Waals surface area contributed by atoms with Gasteiger partial charge in [-0.15, -0.1) is 0 Å². The summed E-state index contributed by atoms with van der Waals surface area (Å²) >= 11 is 0. The molecule has 1 aliphatic rings. The van der Waals surface area contributed by atoms with E-state index in [4.69, 9.17) is 0 Å². The highest BCUT2D eigenvalue weighted by Gasteiger charge is 2.28. The highest BCUT2D eigenvalue weighted by Crippen LogP contribution is 2.29. The number of rotatable bonds is 6. The Morgan fingerprint density at radius 1 is 1.40 bits per heavy atom. The highest BCUT2D eigenvalue weighted by atomic mass is 16.3. The minimum absolute atomic E-state index is 0.0136. The molecule has 1 unspecified atom stereocenters. The van der Waals surface area contributed by atoms with Gasteiger partial charge in [0.1, 0.15) is 0 Å². The summed E-state index contributed by atoms with van der Waals surface area (Å²) in [6, 6.07) is 0. The molecular formula is C13H27NO. The molecule has 15 heavy (non-hydrogen) atoms. The van der Waals surface area contributed by atoms with Gasteiger partial charge in [-0.1, -0.05) is 27.2 Å². The molecule has 0 aromatic rings. The van der Waals surface area contributed by atoms with Crippen molar-refractivity contribution in [3.05, 3.63) is 0 Å². The van der Waals surface area contributed by atoms with E-state index in [1.807, 2.05) is 6.92 Å². The highest BCUT2D eigenvalue weighted by molar-refractivity contribution is 4.81. The van der Waals surface area contributed by atoms with Crippen molar-refractivity contribution < 1.29 is 5.11 Å². The molecule has 90 valence electrons. The van der Waals surface area contributed by atoms with Gasteiger partial charge in [0, 0.05) is 18.5 Å². The minimum atomic E-state index is -0.229. The molecule has 1 rings (SSSR count). The van der Waals surface area contributed by atoms with Crippen LogP contribution in [-0.2, 0) is 0 Å². The first-order chi connectivity index (χ1) is 6.95. The molecule has 2 nitrogen and oxygen atoms in total. The van der Waals surface area contributed by atoms with Crippen molar-refractivity contribution in [1.82, 2.24) is 4.90 Å². The number of hydrogen-bond donors (Lipinski definition) is 1. The molecule has 0 spiro atoms. The number of nitrogens with zero attached hydrogens (tertiary/aromatic N) is 1. The Kier molecular flexibility index (Phi) is 4.60. The lowest BCUT2D eigenvalue weighted by molar-refractivity contribution is 0.0278. The van der Waals surface area contributed by atoms with Crippen LogP contribution < -0.4 is 0 Å². The van der Waals surface area contributed by atoms with E-state index in [1.165, 1.54) is 25.8 Å². The first kappa shape index (κ1) is 13.0. The zero-order valence-corrected chi connectivity index (χ0v) is 10.8. The Labute approximate surface area is 94.7 Å². The van der Waals surface area contributed by atoms with Gasteiger partial charge >= 0.3 is 0 Å². The van der Waals surface area contributed by atoms with E-state index in [1.54, 1.807) is 0 Å². The zero-order valence-electron chi connectivity index (χ0n) is 10.8. The van der Waals surface area contributed by atoms with E-state index in [9.17, 15) is 5.11 Å². The Bertz CT molecular complexity index is 185. The standard InChI is InChI=1S/C13H27NO/c1-5-14(9-12-7-6-8-12)10-13(3,4)11(2)15/h11-12,15H,5-10H2,1-4H3. The van der Waals surface area contributed by atoms with Gasteiger partial charge < -0.3 is 10.0 Å². The van der Waals surface area contributed by atoms with E-state index in [-0.39, 0.29) is 11.5 Å². The number of hydrogen-bond acceptors (Lipinski definition) is 2. The van der Waals surface area contributed by atoms with Crippen LogP contribution in [0.4, 0.5) is 0 Å². The van der Waals surface area contributed by atoms with Gasteiger partial charge in [0.15, 0.2) is 0 Å². The van der Waals surface area contributed by atoms with Crippen molar-refractivity contribution in [2.45, 2.75) is 53.1 Å². The topological polar surface area (TPSA) is 23.5 Å². The largest absolute Gasteiger partial charge is 0.393 e. The van der Waals surface area contributed by atoms with Crippen molar-refractivity contribution in [1.29, 1.82) is 0 Å². The maximum Gasteiger partial charge on any atom is 0.0575 e. The summed E-state index contributed by atoms with van der Waals surface area (Å²) in [5.74, 6) is 0.926. The predicted octanol–water partition coefficient (Wildman–Crippen LogP) is 2.52. The maximum absolute atomic E-state index is 9.70. The lowest BCUT2D eigenvalue weighted by Crippen LogP contribution is -2.43. The second-order valence-electron chi connectivity index (χ2n) is 5.79. The van der Waals surface area contributed by atoms with Gasteiger partial charge in [-0.2, -0.15) is 0 Å². The van der Waals surface area contributed by atoms with Gasteiger partial charge in [0.2, 0.25) is 0 Å². The summed E-state index contributed by atoms with van der Waals surface area (Å²) in [5, 5.41) is 9.70. The van der Waals surface area contributed by atoms with Crippen LogP contribution >= 0.6 is 0 Å². The Morgan fingerprint density at radius 2 is 2.00 bits per heavy atom. The van der Waals surface area contributed by atoms with Crippen molar-refractivity contribution >= 4 is 0 Å².